The maximum Gasteiger partial charge on any atom is 0.243 e. The molecule has 2 aromatic rings. The molecule has 7 heteroatoms. The van der Waals surface area contributed by atoms with Crippen LogP contribution in [0.5, 0.6) is 5.75 Å². The molecule has 0 aliphatic carbocycles. The number of fused-ring (bicyclic) bond motifs is 1. The summed E-state index contributed by atoms with van der Waals surface area (Å²) in [4.78, 5) is 15.5. The van der Waals surface area contributed by atoms with Gasteiger partial charge in [-0.05, 0) is 68.5 Å². The molecule has 2 unspecified atom stereocenters. The average Bonchev–Trinajstić information content (AvgIpc) is 3.08. The summed E-state index contributed by atoms with van der Waals surface area (Å²) in [5.74, 6) is 0.349. The smallest absolute Gasteiger partial charge is 0.243 e. The third-order valence-electron chi connectivity index (χ3n) is 6.18. The van der Waals surface area contributed by atoms with E-state index in [9.17, 15) is 13.2 Å². The van der Waals surface area contributed by atoms with Crippen LogP contribution in [0.1, 0.15) is 30.9 Å². The quantitative estimate of drug-likeness (QED) is 0.749. The Labute approximate surface area is 178 Å². The Morgan fingerprint density at radius 3 is 2.67 bits per heavy atom. The summed E-state index contributed by atoms with van der Waals surface area (Å²) < 4.78 is 33.2. The predicted molar refractivity (Wildman–Crippen MR) is 116 cm³/mol. The molecule has 0 spiro atoms. The van der Waals surface area contributed by atoms with Crippen molar-refractivity contribution in [3.05, 3.63) is 53.6 Å². The lowest BCUT2D eigenvalue weighted by Gasteiger charge is -2.34. The average molecular weight is 429 g/mol. The minimum absolute atomic E-state index is 0.0262. The number of aryl methyl sites for hydroxylation is 1. The Morgan fingerprint density at radius 2 is 1.93 bits per heavy atom. The summed E-state index contributed by atoms with van der Waals surface area (Å²) in [5.41, 5.74) is 2.90. The number of carbonyl (C=O) groups excluding carboxylic acids is 1. The van der Waals surface area contributed by atoms with Crippen LogP contribution in [0.15, 0.2) is 47.4 Å². The van der Waals surface area contributed by atoms with Crippen molar-refractivity contribution in [2.75, 3.05) is 25.1 Å². The molecule has 2 aromatic carbocycles. The Bertz CT molecular complexity index is 1070. The zero-order valence-corrected chi connectivity index (χ0v) is 18.5. The minimum Gasteiger partial charge on any atom is -0.496 e. The van der Waals surface area contributed by atoms with Crippen molar-refractivity contribution in [1.82, 2.24) is 4.31 Å². The number of methoxy groups -OCH3 is 1. The number of ether oxygens (including phenoxy) is 1. The van der Waals surface area contributed by atoms with Crippen LogP contribution in [-0.4, -0.2) is 44.9 Å². The van der Waals surface area contributed by atoms with Crippen molar-refractivity contribution in [1.29, 1.82) is 0 Å². The number of hydrogen-bond donors (Lipinski definition) is 0. The van der Waals surface area contributed by atoms with Crippen LogP contribution in [0.3, 0.4) is 0 Å². The molecule has 2 aliphatic heterocycles. The van der Waals surface area contributed by atoms with E-state index in [1.165, 1.54) is 9.87 Å². The van der Waals surface area contributed by atoms with E-state index >= 15 is 0 Å². The van der Waals surface area contributed by atoms with Gasteiger partial charge >= 0.3 is 0 Å². The summed E-state index contributed by atoms with van der Waals surface area (Å²) in [5, 5.41) is 0. The molecule has 1 amide bonds. The molecule has 0 bridgehead atoms. The van der Waals surface area contributed by atoms with E-state index in [1.54, 1.807) is 25.3 Å². The number of carbonyl (C=O) groups is 1. The highest BCUT2D eigenvalue weighted by Crippen LogP contribution is 2.35. The van der Waals surface area contributed by atoms with Crippen LogP contribution >= 0.6 is 0 Å². The topological polar surface area (TPSA) is 66.9 Å². The van der Waals surface area contributed by atoms with E-state index in [1.807, 2.05) is 30.0 Å². The second-order valence-electron chi connectivity index (χ2n) is 8.22. The van der Waals surface area contributed by atoms with E-state index in [0.717, 1.165) is 17.7 Å². The van der Waals surface area contributed by atoms with Crippen LogP contribution in [0.25, 0.3) is 0 Å². The molecule has 0 N–H and O–H groups in total. The van der Waals surface area contributed by atoms with Gasteiger partial charge in [0.25, 0.3) is 0 Å². The first kappa shape index (κ1) is 20.9. The number of rotatable bonds is 4. The maximum absolute atomic E-state index is 13.4. The highest BCUT2D eigenvalue weighted by atomic mass is 32.2. The number of benzene rings is 2. The van der Waals surface area contributed by atoms with E-state index in [0.29, 0.717) is 25.1 Å². The molecular formula is C23H28N2O4S. The van der Waals surface area contributed by atoms with E-state index in [-0.39, 0.29) is 29.3 Å². The van der Waals surface area contributed by atoms with Gasteiger partial charge in [0.05, 0.1) is 17.9 Å². The highest BCUT2D eigenvalue weighted by Gasteiger charge is 2.39. The van der Waals surface area contributed by atoms with Gasteiger partial charge in [-0.25, -0.2) is 8.42 Å². The largest absolute Gasteiger partial charge is 0.496 e. The molecular weight excluding hydrogens is 400 g/mol. The molecule has 30 heavy (non-hydrogen) atoms. The number of para-hydroxylation sites is 1. The molecule has 0 saturated carbocycles. The van der Waals surface area contributed by atoms with Crippen molar-refractivity contribution in [3.8, 4) is 5.75 Å². The monoisotopic (exact) mass is 428 g/mol. The summed E-state index contributed by atoms with van der Waals surface area (Å²) in [6, 6.07) is 13.0. The van der Waals surface area contributed by atoms with Crippen LogP contribution in [0.2, 0.25) is 0 Å². The number of anilines is 1. The molecule has 4 rings (SSSR count). The maximum atomic E-state index is 13.4. The Balaban J connectivity index is 1.56. The molecule has 0 radical (unpaired) electrons. The van der Waals surface area contributed by atoms with Gasteiger partial charge in [0.1, 0.15) is 5.75 Å². The van der Waals surface area contributed by atoms with Crippen LogP contribution in [0, 0.1) is 12.8 Å². The zero-order chi connectivity index (χ0) is 21.5. The normalized spacial score (nSPS) is 22.0. The Morgan fingerprint density at radius 1 is 1.17 bits per heavy atom. The van der Waals surface area contributed by atoms with Crippen molar-refractivity contribution >= 4 is 21.6 Å². The second kappa shape index (κ2) is 8.04. The SMILES string of the molecule is COc1ccc(S(=O)(=O)N2CCCC(C(=O)N3c4ccccc4CC3C)C2)cc1C. The molecule has 160 valence electrons. The molecule has 0 aromatic heterocycles. The highest BCUT2D eigenvalue weighted by molar-refractivity contribution is 7.89. The van der Waals surface area contributed by atoms with Crippen LogP contribution in [0.4, 0.5) is 5.69 Å². The summed E-state index contributed by atoms with van der Waals surface area (Å²) in [6.07, 6.45) is 2.22. The van der Waals surface area contributed by atoms with Gasteiger partial charge in [-0.1, -0.05) is 18.2 Å². The van der Waals surface area contributed by atoms with Gasteiger partial charge in [0.2, 0.25) is 15.9 Å². The Kier molecular flexibility index (Phi) is 5.59. The summed E-state index contributed by atoms with van der Waals surface area (Å²) in [6.45, 7) is 4.53. The molecule has 2 heterocycles. The third-order valence-corrected chi connectivity index (χ3v) is 8.04. The fraction of sp³-hybridized carbons (Fsp3) is 0.435. The number of nitrogens with zero attached hydrogens (tertiary/aromatic N) is 2. The first-order valence-electron chi connectivity index (χ1n) is 10.4. The minimum atomic E-state index is -3.67. The van der Waals surface area contributed by atoms with Crippen molar-refractivity contribution < 1.29 is 17.9 Å². The molecule has 6 nitrogen and oxygen atoms in total. The Hall–Kier alpha value is -2.38. The standard InChI is InChI=1S/C23H28N2O4S/c1-16-13-20(10-11-22(16)29-3)30(27,28)24-12-6-8-19(15-24)23(26)25-17(2)14-18-7-4-5-9-21(18)25/h4-5,7,9-11,13,17,19H,6,8,12,14-15H2,1-3H3. The predicted octanol–water partition coefficient (Wildman–Crippen LogP) is 3.38. The molecule has 1 saturated heterocycles. The van der Waals surface area contributed by atoms with Crippen molar-refractivity contribution in [2.45, 2.75) is 44.0 Å². The van der Waals surface area contributed by atoms with Gasteiger partial charge in [0.15, 0.2) is 0 Å². The fourth-order valence-electron chi connectivity index (χ4n) is 4.62. The molecule has 2 atom stereocenters. The van der Waals surface area contributed by atoms with Crippen molar-refractivity contribution in [2.24, 2.45) is 5.92 Å². The first-order valence-corrected chi connectivity index (χ1v) is 11.8. The van der Waals surface area contributed by atoms with Gasteiger partial charge < -0.3 is 9.64 Å². The summed E-state index contributed by atoms with van der Waals surface area (Å²) in [7, 11) is -2.10. The van der Waals surface area contributed by atoms with E-state index in [4.69, 9.17) is 4.74 Å². The molecule has 2 aliphatic rings. The van der Waals surface area contributed by atoms with E-state index in [2.05, 4.69) is 13.0 Å². The van der Waals surface area contributed by atoms with Crippen molar-refractivity contribution in [3.63, 3.8) is 0 Å². The number of hydrogen-bond acceptors (Lipinski definition) is 4. The fourth-order valence-corrected chi connectivity index (χ4v) is 6.23. The lowest BCUT2D eigenvalue weighted by Crippen LogP contribution is -2.48. The van der Waals surface area contributed by atoms with Gasteiger partial charge in [-0.2, -0.15) is 4.31 Å². The number of sulfonamides is 1. The first-order chi connectivity index (χ1) is 14.3. The van der Waals surface area contributed by atoms with E-state index < -0.39 is 10.0 Å². The number of piperidine rings is 1. The molecule has 1 fully saturated rings. The van der Waals surface area contributed by atoms with Gasteiger partial charge in [-0.15, -0.1) is 0 Å². The van der Waals surface area contributed by atoms with Crippen LogP contribution in [-0.2, 0) is 21.2 Å². The lowest BCUT2D eigenvalue weighted by atomic mass is 9.97. The second-order valence-corrected chi connectivity index (χ2v) is 10.2. The van der Waals surface area contributed by atoms with Gasteiger partial charge in [-0.3, -0.25) is 4.79 Å². The number of amides is 1. The summed E-state index contributed by atoms with van der Waals surface area (Å²) >= 11 is 0. The van der Waals surface area contributed by atoms with Gasteiger partial charge in [0, 0.05) is 24.8 Å². The van der Waals surface area contributed by atoms with Crippen LogP contribution < -0.4 is 9.64 Å². The third kappa shape index (κ3) is 3.61. The lowest BCUT2D eigenvalue weighted by molar-refractivity contribution is -0.123. The zero-order valence-electron chi connectivity index (χ0n) is 17.7.